The van der Waals surface area contributed by atoms with Crippen molar-refractivity contribution in [2.75, 3.05) is 26.7 Å². The van der Waals surface area contributed by atoms with Crippen molar-refractivity contribution >= 4 is 6.03 Å². The summed E-state index contributed by atoms with van der Waals surface area (Å²) in [6.45, 7) is 3.34. The number of piperidine rings is 1. The first-order valence-electron chi connectivity index (χ1n) is 7.08. The second-order valence-corrected chi connectivity index (χ2v) is 5.44. The summed E-state index contributed by atoms with van der Waals surface area (Å²) in [4.78, 5) is 14.0. The lowest BCUT2D eigenvalue weighted by Crippen LogP contribution is -2.40. The van der Waals surface area contributed by atoms with Gasteiger partial charge in [-0.3, -0.25) is 0 Å². The molecule has 1 aromatic carbocycles. The minimum atomic E-state index is -0.263. The Morgan fingerprint density at radius 1 is 1.25 bits per heavy atom. The Balaban J connectivity index is 1.64. The van der Waals surface area contributed by atoms with Crippen molar-refractivity contribution in [3.8, 4) is 0 Å². The smallest absolute Gasteiger partial charge is 0.315 e. The molecule has 0 atom stereocenters. The van der Waals surface area contributed by atoms with E-state index in [1.165, 1.54) is 12.1 Å². The minimum absolute atomic E-state index is 0.159. The molecule has 2 N–H and O–H groups in total. The molecule has 0 radical (unpaired) electrons. The van der Waals surface area contributed by atoms with E-state index in [0.29, 0.717) is 12.5 Å². The number of nitrogens with one attached hydrogen (secondary N) is 2. The molecule has 110 valence electrons. The van der Waals surface area contributed by atoms with Gasteiger partial charge in [0.05, 0.1) is 0 Å². The summed E-state index contributed by atoms with van der Waals surface area (Å²) in [5.41, 5.74) is 0.890. The van der Waals surface area contributed by atoms with Crippen LogP contribution in [0.25, 0.3) is 0 Å². The van der Waals surface area contributed by atoms with Gasteiger partial charge in [-0.1, -0.05) is 12.1 Å². The van der Waals surface area contributed by atoms with Crippen molar-refractivity contribution in [2.24, 2.45) is 5.92 Å². The van der Waals surface area contributed by atoms with Gasteiger partial charge in [0.15, 0.2) is 0 Å². The first-order valence-corrected chi connectivity index (χ1v) is 7.08. The molecule has 1 aliphatic rings. The van der Waals surface area contributed by atoms with Gasteiger partial charge in [-0.2, -0.15) is 0 Å². The summed E-state index contributed by atoms with van der Waals surface area (Å²) in [7, 11) is 2.12. The van der Waals surface area contributed by atoms with Crippen LogP contribution in [-0.2, 0) is 6.54 Å². The highest BCUT2D eigenvalue weighted by molar-refractivity contribution is 5.73. The molecular weight excluding hydrogens is 257 g/mol. The second kappa shape index (κ2) is 7.24. The fourth-order valence-corrected chi connectivity index (χ4v) is 2.35. The zero-order valence-corrected chi connectivity index (χ0v) is 11.9. The molecule has 20 heavy (non-hydrogen) atoms. The zero-order valence-electron chi connectivity index (χ0n) is 11.9. The van der Waals surface area contributed by atoms with Crippen LogP contribution in [0.2, 0.25) is 0 Å². The van der Waals surface area contributed by atoms with Crippen molar-refractivity contribution < 1.29 is 9.18 Å². The summed E-state index contributed by atoms with van der Waals surface area (Å²) in [5, 5.41) is 5.69. The van der Waals surface area contributed by atoms with Gasteiger partial charge in [-0.15, -0.1) is 0 Å². The summed E-state index contributed by atoms with van der Waals surface area (Å²) in [5.74, 6) is 0.309. The predicted octanol–water partition coefficient (Wildman–Crippen LogP) is 1.97. The van der Waals surface area contributed by atoms with Crippen LogP contribution in [0.5, 0.6) is 0 Å². The van der Waals surface area contributed by atoms with Crippen LogP contribution in [0.4, 0.5) is 9.18 Å². The zero-order chi connectivity index (χ0) is 14.4. The van der Waals surface area contributed by atoms with E-state index in [0.717, 1.165) is 38.0 Å². The largest absolute Gasteiger partial charge is 0.338 e. The molecule has 0 unspecified atom stereocenters. The van der Waals surface area contributed by atoms with Gasteiger partial charge >= 0.3 is 6.03 Å². The number of halogens is 1. The van der Waals surface area contributed by atoms with Crippen LogP contribution in [0.1, 0.15) is 18.4 Å². The lowest BCUT2D eigenvalue weighted by molar-refractivity contribution is 0.210. The fraction of sp³-hybridized carbons (Fsp3) is 0.533. The number of likely N-dealkylation sites (tertiary alicyclic amines) is 1. The highest BCUT2D eigenvalue weighted by Crippen LogP contribution is 2.14. The average molecular weight is 279 g/mol. The number of carbonyl (C=O) groups excluding carboxylic acids is 1. The Labute approximate surface area is 119 Å². The molecule has 0 saturated carbocycles. The number of urea groups is 1. The van der Waals surface area contributed by atoms with Crippen LogP contribution in [0.3, 0.4) is 0 Å². The standard InChI is InChI=1S/C15H22FN3O/c1-19-8-6-13(7-9-19)11-18-15(20)17-10-12-2-4-14(16)5-3-12/h2-5,13H,6-11H2,1H3,(H2,17,18,20). The topological polar surface area (TPSA) is 44.4 Å². The Hall–Kier alpha value is -1.62. The maximum atomic E-state index is 12.7. The normalized spacial score (nSPS) is 16.9. The molecule has 0 aromatic heterocycles. The van der Waals surface area contributed by atoms with E-state index in [2.05, 4.69) is 22.6 Å². The highest BCUT2D eigenvalue weighted by atomic mass is 19.1. The number of rotatable bonds is 4. The van der Waals surface area contributed by atoms with Crippen LogP contribution in [0, 0.1) is 11.7 Å². The van der Waals surface area contributed by atoms with Crippen molar-refractivity contribution in [1.29, 1.82) is 0 Å². The third-order valence-electron chi connectivity index (χ3n) is 3.76. The fourth-order valence-electron chi connectivity index (χ4n) is 2.35. The average Bonchev–Trinajstić information content (AvgIpc) is 2.46. The SMILES string of the molecule is CN1CCC(CNC(=O)NCc2ccc(F)cc2)CC1. The van der Waals surface area contributed by atoms with Gasteiger partial charge in [0.1, 0.15) is 5.82 Å². The lowest BCUT2D eigenvalue weighted by Gasteiger charge is -2.28. The molecule has 5 heteroatoms. The number of nitrogens with zero attached hydrogens (tertiary/aromatic N) is 1. The molecule has 1 heterocycles. The van der Waals surface area contributed by atoms with E-state index in [-0.39, 0.29) is 11.8 Å². The van der Waals surface area contributed by atoms with Gasteiger partial charge < -0.3 is 15.5 Å². The van der Waals surface area contributed by atoms with Gasteiger partial charge in [0.2, 0.25) is 0 Å². The summed E-state index contributed by atoms with van der Waals surface area (Å²) < 4.78 is 12.7. The lowest BCUT2D eigenvalue weighted by atomic mass is 9.97. The Morgan fingerprint density at radius 3 is 2.55 bits per heavy atom. The molecule has 1 saturated heterocycles. The minimum Gasteiger partial charge on any atom is -0.338 e. The van der Waals surface area contributed by atoms with Crippen LogP contribution >= 0.6 is 0 Å². The van der Waals surface area contributed by atoms with Crippen molar-refractivity contribution in [1.82, 2.24) is 15.5 Å². The molecule has 0 aliphatic carbocycles. The Morgan fingerprint density at radius 2 is 1.90 bits per heavy atom. The van der Waals surface area contributed by atoms with Gasteiger partial charge in [0, 0.05) is 13.1 Å². The summed E-state index contributed by atoms with van der Waals surface area (Å²) >= 11 is 0. The van der Waals surface area contributed by atoms with E-state index < -0.39 is 0 Å². The van der Waals surface area contributed by atoms with E-state index in [1.54, 1.807) is 12.1 Å². The van der Waals surface area contributed by atoms with Crippen LogP contribution < -0.4 is 10.6 Å². The van der Waals surface area contributed by atoms with Crippen molar-refractivity contribution in [3.63, 3.8) is 0 Å². The molecule has 2 amide bonds. The van der Waals surface area contributed by atoms with Crippen molar-refractivity contribution in [2.45, 2.75) is 19.4 Å². The molecular formula is C15H22FN3O. The van der Waals surface area contributed by atoms with Gasteiger partial charge in [-0.25, -0.2) is 9.18 Å². The molecule has 1 aromatic rings. The number of amides is 2. The first-order chi connectivity index (χ1) is 9.63. The van der Waals surface area contributed by atoms with Gasteiger partial charge in [0.25, 0.3) is 0 Å². The summed E-state index contributed by atoms with van der Waals surface area (Å²) in [6.07, 6.45) is 2.27. The van der Waals surface area contributed by atoms with E-state index >= 15 is 0 Å². The number of hydrogen-bond donors (Lipinski definition) is 2. The van der Waals surface area contributed by atoms with Crippen molar-refractivity contribution in [3.05, 3.63) is 35.6 Å². The number of hydrogen-bond acceptors (Lipinski definition) is 2. The van der Waals surface area contributed by atoms with Crippen LogP contribution in [-0.4, -0.2) is 37.6 Å². The third-order valence-corrected chi connectivity index (χ3v) is 3.76. The molecule has 1 aliphatic heterocycles. The number of carbonyl (C=O) groups is 1. The Kier molecular flexibility index (Phi) is 5.35. The number of benzene rings is 1. The predicted molar refractivity (Wildman–Crippen MR) is 76.9 cm³/mol. The third kappa shape index (κ3) is 4.81. The summed E-state index contributed by atoms with van der Waals surface area (Å²) in [6, 6.07) is 5.98. The molecule has 1 fully saturated rings. The Bertz CT molecular complexity index is 427. The quantitative estimate of drug-likeness (QED) is 0.885. The molecule has 2 rings (SSSR count). The monoisotopic (exact) mass is 279 g/mol. The molecule has 0 spiro atoms. The molecule has 0 bridgehead atoms. The van der Waals surface area contributed by atoms with Gasteiger partial charge in [-0.05, 0) is 56.6 Å². The van der Waals surface area contributed by atoms with E-state index in [4.69, 9.17) is 0 Å². The van der Waals surface area contributed by atoms with E-state index in [1.807, 2.05) is 0 Å². The maximum Gasteiger partial charge on any atom is 0.315 e. The molecule has 4 nitrogen and oxygen atoms in total. The second-order valence-electron chi connectivity index (χ2n) is 5.44. The van der Waals surface area contributed by atoms with Crippen LogP contribution in [0.15, 0.2) is 24.3 Å². The maximum absolute atomic E-state index is 12.7. The van der Waals surface area contributed by atoms with E-state index in [9.17, 15) is 9.18 Å². The highest BCUT2D eigenvalue weighted by Gasteiger charge is 2.16. The first kappa shape index (κ1) is 14.8.